The van der Waals surface area contributed by atoms with Gasteiger partial charge in [0.2, 0.25) is 0 Å². The summed E-state index contributed by atoms with van der Waals surface area (Å²) in [6.07, 6.45) is 3.82. The molecule has 5 rings (SSSR count). The molecule has 0 unspecified atom stereocenters. The van der Waals surface area contributed by atoms with Gasteiger partial charge in [0.25, 0.3) is 5.91 Å². The SMILES string of the molecule is COc1c(F)cccc1Nc1c2[nH]c3c1C(=O)NC[C@@H]3CC#CCOc1cnccc1-2. The molecule has 31 heavy (non-hydrogen) atoms. The number of benzene rings is 1. The van der Waals surface area contributed by atoms with E-state index in [0.717, 1.165) is 11.3 Å². The number of pyridine rings is 1. The van der Waals surface area contributed by atoms with Gasteiger partial charge < -0.3 is 25.1 Å². The summed E-state index contributed by atoms with van der Waals surface area (Å²) >= 11 is 0. The van der Waals surface area contributed by atoms with Crippen LogP contribution in [0, 0.1) is 17.7 Å². The minimum absolute atomic E-state index is 0.00714. The summed E-state index contributed by atoms with van der Waals surface area (Å²) in [6.45, 7) is 0.713. The molecule has 2 bridgehead atoms. The molecule has 0 radical (unpaired) electrons. The minimum Gasteiger partial charge on any atom is -0.492 e. The van der Waals surface area contributed by atoms with Gasteiger partial charge in [-0.15, -0.1) is 0 Å². The molecule has 2 aliphatic rings. The second kappa shape index (κ2) is 7.69. The molecule has 0 spiro atoms. The fraction of sp³-hybridized carbons (Fsp3) is 0.217. The molecule has 2 aromatic heterocycles. The number of rotatable bonds is 3. The number of ether oxygens (including phenoxy) is 2. The van der Waals surface area contributed by atoms with Crippen LogP contribution >= 0.6 is 0 Å². The molecule has 156 valence electrons. The standard InChI is InChI=1S/C23H19FN4O3/c1-30-22-15(24)6-4-7-16(22)27-21-18-19-13(11-26-23(18)29)5-2-3-10-31-17-12-25-9-8-14(17)20(21)28-19/h4,6-9,12-13,27-28H,5,10-11H2,1H3,(H,26,29)/t13-/m0/s1. The van der Waals surface area contributed by atoms with Crippen molar-refractivity contribution in [3.05, 3.63) is 53.7 Å². The number of halogens is 1. The number of amides is 1. The van der Waals surface area contributed by atoms with Gasteiger partial charge in [-0.05, 0) is 18.2 Å². The molecule has 0 saturated heterocycles. The number of methoxy groups -OCH3 is 1. The fourth-order valence-electron chi connectivity index (χ4n) is 3.98. The first-order chi connectivity index (χ1) is 15.2. The Labute approximate surface area is 178 Å². The predicted octanol–water partition coefficient (Wildman–Crippen LogP) is 3.58. The average Bonchev–Trinajstić information content (AvgIpc) is 3.13. The predicted molar refractivity (Wildman–Crippen MR) is 113 cm³/mol. The smallest absolute Gasteiger partial charge is 0.255 e. The van der Waals surface area contributed by atoms with Crippen molar-refractivity contribution in [3.8, 4) is 34.6 Å². The topological polar surface area (TPSA) is 88.3 Å². The van der Waals surface area contributed by atoms with Crippen LogP contribution in [-0.2, 0) is 0 Å². The van der Waals surface area contributed by atoms with Gasteiger partial charge >= 0.3 is 0 Å². The molecule has 1 aromatic carbocycles. The first-order valence-electron chi connectivity index (χ1n) is 9.84. The number of para-hydroxylation sites is 1. The zero-order chi connectivity index (χ0) is 21.4. The third kappa shape index (κ3) is 3.24. The Balaban J connectivity index is 1.76. The number of fused-ring (bicyclic) bond motifs is 3. The quantitative estimate of drug-likeness (QED) is 0.566. The minimum atomic E-state index is -0.501. The van der Waals surface area contributed by atoms with E-state index in [-0.39, 0.29) is 24.2 Å². The number of nitrogens with one attached hydrogen (secondary N) is 3. The highest BCUT2D eigenvalue weighted by Crippen LogP contribution is 2.44. The number of hydrogen-bond donors (Lipinski definition) is 3. The van der Waals surface area contributed by atoms with E-state index >= 15 is 0 Å². The fourth-order valence-corrected chi connectivity index (χ4v) is 3.98. The molecule has 1 amide bonds. The van der Waals surface area contributed by atoms with Gasteiger partial charge in [-0.25, -0.2) is 4.39 Å². The van der Waals surface area contributed by atoms with Crippen molar-refractivity contribution < 1.29 is 18.7 Å². The average molecular weight is 418 g/mol. The third-order valence-electron chi connectivity index (χ3n) is 5.43. The largest absolute Gasteiger partial charge is 0.492 e. The second-order valence-electron chi connectivity index (χ2n) is 7.23. The van der Waals surface area contributed by atoms with Crippen LogP contribution < -0.4 is 20.1 Å². The summed E-state index contributed by atoms with van der Waals surface area (Å²) in [6, 6.07) is 6.40. The van der Waals surface area contributed by atoms with Crippen LogP contribution in [0.4, 0.5) is 15.8 Å². The molecule has 0 saturated carbocycles. The van der Waals surface area contributed by atoms with Crippen LogP contribution in [0.5, 0.6) is 11.5 Å². The van der Waals surface area contributed by atoms with Gasteiger partial charge in [-0.2, -0.15) is 0 Å². The highest BCUT2D eigenvalue weighted by Gasteiger charge is 2.33. The number of hydrogen-bond acceptors (Lipinski definition) is 5. The monoisotopic (exact) mass is 418 g/mol. The summed E-state index contributed by atoms with van der Waals surface area (Å²) in [4.78, 5) is 20.5. The molecule has 1 atom stereocenters. The van der Waals surface area contributed by atoms with Crippen molar-refractivity contribution in [2.24, 2.45) is 0 Å². The first kappa shape index (κ1) is 19.0. The Morgan fingerprint density at radius 2 is 2.23 bits per heavy atom. The summed E-state index contributed by atoms with van der Waals surface area (Å²) in [7, 11) is 1.40. The molecular formula is C23H19FN4O3. The van der Waals surface area contributed by atoms with E-state index in [1.807, 2.05) is 0 Å². The van der Waals surface area contributed by atoms with Crippen molar-refractivity contribution in [2.75, 3.05) is 25.6 Å². The van der Waals surface area contributed by atoms with Crippen LogP contribution in [0.2, 0.25) is 0 Å². The van der Waals surface area contributed by atoms with E-state index in [1.165, 1.54) is 13.2 Å². The molecule has 4 heterocycles. The van der Waals surface area contributed by atoms with Crippen molar-refractivity contribution in [2.45, 2.75) is 12.3 Å². The van der Waals surface area contributed by atoms with E-state index in [4.69, 9.17) is 9.47 Å². The Hall–Kier alpha value is -3.99. The molecule has 3 N–H and O–H groups in total. The Morgan fingerprint density at radius 1 is 1.32 bits per heavy atom. The summed E-state index contributed by atoms with van der Waals surface area (Å²) in [5.41, 5.74) is 3.56. The highest BCUT2D eigenvalue weighted by molar-refractivity contribution is 6.07. The molecule has 7 nitrogen and oxygen atoms in total. The van der Waals surface area contributed by atoms with Crippen LogP contribution in [-0.4, -0.2) is 36.1 Å². The van der Waals surface area contributed by atoms with E-state index in [1.54, 1.807) is 30.6 Å². The summed E-state index contributed by atoms with van der Waals surface area (Å²) < 4.78 is 25.4. The van der Waals surface area contributed by atoms with Crippen LogP contribution in [0.3, 0.4) is 0 Å². The third-order valence-corrected chi connectivity index (χ3v) is 5.43. The molecule has 8 heteroatoms. The lowest BCUT2D eigenvalue weighted by molar-refractivity contribution is 0.0941. The first-order valence-corrected chi connectivity index (χ1v) is 9.84. The zero-order valence-electron chi connectivity index (χ0n) is 16.7. The van der Waals surface area contributed by atoms with Gasteiger partial charge in [0.15, 0.2) is 11.6 Å². The normalized spacial score (nSPS) is 16.6. The van der Waals surface area contributed by atoms with Crippen LogP contribution in [0.1, 0.15) is 28.4 Å². The molecule has 2 aliphatic heterocycles. The number of aromatic nitrogens is 2. The highest BCUT2D eigenvalue weighted by atomic mass is 19.1. The van der Waals surface area contributed by atoms with Crippen LogP contribution in [0.25, 0.3) is 11.3 Å². The van der Waals surface area contributed by atoms with E-state index < -0.39 is 5.82 Å². The Morgan fingerprint density at radius 3 is 3.10 bits per heavy atom. The van der Waals surface area contributed by atoms with Crippen molar-refractivity contribution in [3.63, 3.8) is 0 Å². The van der Waals surface area contributed by atoms with Gasteiger partial charge in [-0.3, -0.25) is 9.78 Å². The lowest BCUT2D eigenvalue weighted by Crippen LogP contribution is -2.35. The van der Waals surface area contributed by atoms with E-state index in [9.17, 15) is 9.18 Å². The summed E-state index contributed by atoms with van der Waals surface area (Å²) in [5.74, 6) is 6.02. The van der Waals surface area contributed by atoms with Gasteiger partial charge in [0, 0.05) is 36.3 Å². The van der Waals surface area contributed by atoms with Gasteiger partial charge in [0.05, 0.1) is 35.9 Å². The van der Waals surface area contributed by atoms with Crippen LogP contribution in [0.15, 0.2) is 36.7 Å². The Kier molecular flexibility index (Phi) is 4.71. The second-order valence-corrected chi connectivity index (χ2v) is 7.23. The lowest BCUT2D eigenvalue weighted by atomic mass is 9.93. The molecule has 3 aromatic rings. The maximum atomic E-state index is 14.3. The number of anilines is 2. The molecule has 0 fully saturated rings. The number of carbonyl (C=O) groups excluding carboxylic acids is 1. The zero-order valence-corrected chi connectivity index (χ0v) is 16.7. The van der Waals surface area contributed by atoms with Gasteiger partial charge in [0.1, 0.15) is 12.4 Å². The van der Waals surface area contributed by atoms with Crippen molar-refractivity contribution >= 4 is 17.3 Å². The number of nitrogens with zero attached hydrogens (tertiary/aromatic N) is 1. The van der Waals surface area contributed by atoms with E-state index in [2.05, 4.69) is 32.4 Å². The number of aromatic amines is 1. The molecular weight excluding hydrogens is 399 g/mol. The van der Waals surface area contributed by atoms with E-state index in [0.29, 0.717) is 41.3 Å². The molecule has 0 aliphatic carbocycles. The van der Waals surface area contributed by atoms with Gasteiger partial charge in [-0.1, -0.05) is 17.9 Å². The van der Waals surface area contributed by atoms with Crippen molar-refractivity contribution in [1.82, 2.24) is 15.3 Å². The number of H-pyrrole nitrogens is 1. The van der Waals surface area contributed by atoms with Crippen molar-refractivity contribution in [1.29, 1.82) is 0 Å². The Bertz CT molecular complexity index is 1240. The lowest BCUT2D eigenvalue weighted by Gasteiger charge is -2.22. The maximum absolute atomic E-state index is 14.3. The maximum Gasteiger partial charge on any atom is 0.255 e. The number of carbonyl (C=O) groups is 1. The summed E-state index contributed by atoms with van der Waals surface area (Å²) in [5, 5.41) is 6.18.